The highest BCUT2D eigenvalue weighted by Crippen LogP contribution is 2.30. The molecule has 0 saturated heterocycles. The van der Waals surface area contributed by atoms with Crippen molar-refractivity contribution in [2.75, 3.05) is 0 Å². The van der Waals surface area contributed by atoms with Crippen LogP contribution in [0, 0.1) is 5.92 Å². The maximum absolute atomic E-state index is 12.1. The van der Waals surface area contributed by atoms with E-state index in [2.05, 4.69) is 15.9 Å². The molecule has 3 heteroatoms. The van der Waals surface area contributed by atoms with E-state index < -0.39 is 0 Å². The molecule has 1 fully saturated rings. The molecule has 0 amide bonds. The van der Waals surface area contributed by atoms with Crippen molar-refractivity contribution in [2.45, 2.75) is 32.1 Å². The molecule has 0 bridgehead atoms. The number of rotatable bonds is 2. The largest absolute Gasteiger partial charge is 0.294 e. The first-order chi connectivity index (χ1) is 6.79. The molecular weight excluding hydrogens is 260 g/mol. The standard InChI is InChI=1S/C11H13BrOS/c12-10-7-14-6-9(10)11(13)8-4-2-1-3-5-8/h6-8H,1-5H2. The fourth-order valence-corrected chi connectivity index (χ4v) is 3.52. The summed E-state index contributed by atoms with van der Waals surface area (Å²) in [6, 6.07) is 0. The van der Waals surface area contributed by atoms with E-state index in [1.165, 1.54) is 19.3 Å². The smallest absolute Gasteiger partial charge is 0.167 e. The maximum atomic E-state index is 12.1. The third-order valence-corrected chi connectivity index (χ3v) is 4.56. The molecule has 0 aromatic carbocycles. The average molecular weight is 273 g/mol. The molecule has 1 heterocycles. The second-order valence-corrected chi connectivity index (χ2v) is 5.43. The van der Waals surface area contributed by atoms with Crippen LogP contribution in [0.25, 0.3) is 0 Å². The summed E-state index contributed by atoms with van der Waals surface area (Å²) >= 11 is 5.01. The lowest BCUT2D eigenvalue weighted by atomic mass is 9.84. The van der Waals surface area contributed by atoms with E-state index >= 15 is 0 Å². The van der Waals surface area contributed by atoms with Gasteiger partial charge in [0, 0.05) is 26.7 Å². The van der Waals surface area contributed by atoms with Gasteiger partial charge in [0.2, 0.25) is 0 Å². The zero-order chi connectivity index (χ0) is 9.97. The zero-order valence-corrected chi connectivity index (χ0v) is 10.4. The lowest BCUT2D eigenvalue weighted by molar-refractivity contribution is 0.0889. The molecule has 1 aliphatic carbocycles. The van der Waals surface area contributed by atoms with Crippen LogP contribution >= 0.6 is 27.3 Å². The minimum absolute atomic E-state index is 0.287. The molecule has 0 atom stereocenters. The number of carbonyl (C=O) groups is 1. The fourth-order valence-electron chi connectivity index (χ4n) is 2.04. The molecule has 0 unspecified atom stereocenters. The normalized spacial score (nSPS) is 18.4. The summed E-state index contributed by atoms with van der Waals surface area (Å²) in [5.41, 5.74) is 0.891. The molecule has 76 valence electrons. The van der Waals surface area contributed by atoms with E-state index in [1.807, 2.05) is 10.8 Å². The first kappa shape index (κ1) is 10.4. The van der Waals surface area contributed by atoms with Gasteiger partial charge in [-0.25, -0.2) is 0 Å². The average Bonchev–Trinajstić information content (AvgIpc) is 2.65. The number of hydrogen-bond donors (Lipinski definition) is 0. The molecule has 1 aromatic rings. The Balaban J connectivity index is 2.11. The Hall–Kier alpha value is -0.150. The summed E-state index contributed by atoms with van der Waals surface area (Å²) in [5, 5.41) is 3.94. The molecule has 14 heavy (non-hydrogen) atoms. The van der Waals surface area contributed by atoms with Gasteiger partial charge in [-0.1, -0.05) is 19.3 Å². The van der Waals surface area contributed by atoms with Crippen LogP contribution in [-0.2, 0) is 0 Å². The first-order valence-electron chi connectivity index (χ1n) is 5.05. The molecule has 0 aliphatic heterocycles. The van der Waals surface area contributed by atoms with Gasteiger partial charge in [0.15, 0.2) is 5.78 Å². The predicted molar refractivity (Wildman–Crippen MR) is 62.9 cm³/mol. The summed E-state index contributed by atoms with van der Waals surface area (Å²) in [6.07, 6.45) is 5.91. The number of hydrogen-bond acceptors (Lipinski definition) is 2. The lowest BCUT2D eigenvalue weighted by Gasteiger charge is -2.19. The van der Waals surface area contributed by atoms with Crippen molar-refractivity contribution in [1.29, 1.82) is 0 Å². The van der Waals surface area contributed by atoms with Crippen molar-refractivity contribution in [1.82, 2.24) is 0 Å². The molecule has 0 radical (unpaired) electrons. The van der Waals surface area contributed by atoms with E-state index in [0.717, 1.165) is 22.9 Å². The lowest BCUT2D eigenvalue weighted by Crippen LogP contribution is -2.17. The first-order valence-corrected chi connectivity index (χ1v) is 6.78. The quantitative estimate of drug-likeness (QED) is 0.735. The Labute approximate surface area is 96.6 Å². The number of halogens is 1. The molecular formula is C11H13BrOS. The van der Waals surface area contributed by atoms with Crippen LogP contribution < -0.4 is 0 Å². The van der Waals surface area contributed by atoms with Gasteiger partial charge >= 0.3 is 0 Å². The summed E-state index contributed by atoms with van der Waals surface area (Å²) in [5.74, 6) is 0.632. The third-order valence-electron chi connectivity index (χ3n) is 2.86. The predicted octanol–water partition coefficient (Wildman–Crippen LogP) is 4.27. The van der Waals surface area contributed by atoms with Crippen molar-refractivity contribution in [3.63, 3.8) is 0 Å². The van der Waals surface area contributed by atoms with Crippen LogP contribution in [0.15, 0.2) is 15.2 Å². The minimum Gasteiger partial charge on any atom is -0.294 e. The maximum Gasteiger partial charge on any atom is 0.167 e. The Bertz CT molecular complexity index is 326. The van der Waals surface area contributed by atoms with Crippen LogP contribution in [0.4, 0.5) is 0 Å². The molecule has 0 N–H and O–H groups in total. The van der Waals surface area contributed by atoms with Crippen molar-refractivity contribution in [3.8, 4) is 0 Å². The van der Waals surface area contributed by atoms with Crippen LogP contribution in [0.2, 0.25) is 0 Å². The van der Waals surface area contributed by atoms with Crippen LogP contribution in [-0.4, -0.2) is 5.78 Å². The second kappa shape index (κ2) is 4.58. The van der Waals surface area contributed by atoms with Crippen LogP contribution in [0.1, 0.15) is 42.5 Å². The summed E-state index contributed by atoms with van der Waals surface area (Å²) < 4.78 is 0.970. The van der Waals surface area contributed by atoms with Gasteiger partial charge in [-0.2, -0.15) is 11.3 Å². The van der Waals surface area contributed by atoms with Crippen molar-refractivity contribution in [3.05, 3.63) is 20.8 Å². The summed E-state index contributed by atoms with van der Waals surface area (Å²) in [6.45, 7) is 0. The Morgan fingerprint density at radius 3 is 2.57 bits per heavy atom. The van der Waals surface area contributed by atoms with E-state index in [0.29, 0.717) is 5.78 Å². The highest BCUT2D eigenvalue weighted by atomic mass is 79.9. The Kier molecular flexibility index (Phi) is 3.39. The SMILES string of the molecule is O=C(c1cscc1Br)C1CCCCC1. The third kappa shape index (κ3) is 2.09. The fraction of sp³-hybridized carbons (Fsp3) is 0.545. The molecule has 1 aromatic heterocycles. The number of ketones is 1. The van der Waals surface area contributed by atoms with Gasteiger partial charge in [-0.15, -0.1) is 0 Å². The van der Waals surface area contributed by atoms with Crippen molar-refractivity contribution in [2.24, 2.45) is 5.92 Å². The van der Waals surface area contributed by atoms with E-state index in [-0.39, 0.29) is 5.92 Å². The Morgan fingerprint density at radius 1 is 1.29 bits per heavy atom. The van der Waals surface area contributed by atoms with Gasteiger partial charge in [-0.05, 0) is 28.8 Å². The van der Waals surface area contributed by atoms with E-state index in [4.69, 9.17) is 0 Å². The topological polar surface area (TPSA) is 17.1 Å². The summed E-state index contributed by atoms with van der Waals surface area (Å²) in [4.78, 5) is 12.1. The number of Topliss-reactive ketones (excluding diaryl/α,β-unsaturated/α-hetero) is 1. The monoisotopic (exact) mass is 272 g/mol. The summed E-state index contributed by atoms with van der Waals surface area (Å²) in [7, 11) is 0. The zero-order valence-electron chi connectivity index (χ0n) is 7.96. The molecule has 1 nitrogen and oxygen atoms in total. The minimum atomic E-state index is 0.287. The van der Waals surface area contributed by atoms with Gasteiger partial charge < -0.3 is 0 Å². The molecule has 0 spiro atoms. The highest BCUT2D eigenvalue weighted by Gasteiger charge is 2.23. The van der Waals surface area contributed by atoms with Gasteiger partial charge in [0.05, 0.1) is 0 Å². The second-order valence-electron chi connectivity index (χ2n) is 3.83. The number of carbonyl (C=O) groups excluding carboxylic acids is 1. The van der Waals surface area contributed by atoms with Crippen molar-refractivity contribution < 1.29 is 4.79 Å². The van der Waals surface area contributed by atoms with Gasteiger partial charge in [0.25, 0.3) is 0 Å². The van der Waals surface area contributed by atoms with Gasteiger partial charge in [0.1, 0.15) is 0 Å². The van der Waals surface area contributed by atoms with E-state index in [1.54, 1.807) is 11.3 Å². The van der Waals surface area contributed by atoms with Crippen molar-refractivity contribution >= 4 is 33.0 Å². The van der Waals surface area contributed by atoms with Crippen LogP contribution in [0.5, 0.6) is 0 Å². The molecule has 2 rings (SSSR count). The highest BCUT2D eigenvalue weighted by molar-refractivity contribution is 9.10. The van der Waals surface area contributed by atoms with Crippen LogP contribution in [0.3, 0.4) is 0 Å². The Morgan fingerprint density at radius 2 is 2.00 bits per heavy atom. The van der Waals surface area contributed by atoms with Gasteiger partial charge in [-0.3, -0.25) is 4.79 Å². The molecule has 1 aliphatic rings. The number of thiophene rings is 1. The molecule has 1 saturated carbocycles. The van der Waals surface area contributed by atoms with E-state index in [9.17, 15) is 4.79 Å².